The normalized spacial score (nSPS) is 11.1. The minimum absolute atomic E-state index is 0.0178. The number of carbonyl (C=O) groups is 1. The van der Waals surface area contributed by atoms with Crippen molar-refractivity contribution in [2.75, 3.05) is 6.54 Å². The molecule has 25 heavy (non-hydrogen) atoms. The van der Waals surface area contributed by atoms with Gasteiger partial charge in [0.2, 0.25) is 5.91 Å². The molecule has 5 nitrogen and oxygen atoms in total. The molecule has 0 fully saturated rings. The van der Waals surface area contributed by atoms with E-state index in [0.717, 1.165) is 23.9 Å². The Bertz CT molecular complexity index is 893. The van der Waals surface area contributed by atoms with Gasteiger partial charge in [0.25, 0.3) is 0 Å². The van der Waals surface area contributed by atoms with E-state index in [1.807, 2.05) is 35.7 Å². The number of aromatic nitrogens is 2. The lowest BCUT2D eigenvalue weighted by molar-refractivity contribution is -0.121. The Balaban J connectivity index is 1.63. The van der Waals surface area contributed by atoms with Crippen molar-refractivity contribution in [2.24, 2.45) is 0 Å². The summed E-state index contributed by atoms with van der Waals surface area (Å²) in [5.41, 5.74) is 1.80. The highest BCUT2D eigenvalue weighted by Crippen LogP contribution is 2.13. The van der Waals surface area contributed by atoms with Gasteiger partial charge in [0.05, 0.1) is 11.0 Å². The van der Waals surface area contributed by atoms with E-state index in [1.165, 1.54) is 4.88 Å². The van der Waals surface area contributed by atoms with Gasteiger partial charge in [0.1, 0.15) is 0 Å². The van der Waals surface area contributed by atoms with Gasteiger partial charge in [0, 0.05) is 30.9 Å². The number of imidazole rings is 1. The number of amides is 1. The summed E-state index contributed by atoms with van der Waals surface area (Å²) in [5.74, 6) is -0.0178. The van der Waals surface area contributed by atoms with E-state index in [1.54, 1.807) is 20.5 Å². The Morgan fingerprint density at radius 2 is 1.80 bits per heavy atom. The topological polar surface area (TPSA) is 56.0 Å². The number of carbonyl (C=O) groups excluding carboxylic acids is 1. The van der Waals surface area contributed by atoms with Gasteiger partial charge in [-0.15, -0.1) is 11.3 Å². The first kappa shape index (κ1) is 17.5. The second-order valence-corrected chi connectivity index (χ2v) is 7.04. The van der Waals surface area contributed by atoms with Crippen LogP contribution in [0.15, 0.2) is 46.6 Å². The van der Waals surface area contributed by atoms with Crippen LogP contribution in [0.1, 0.15) is 24.6 Å². The zero-order valence-corrected chi connectivity index (χ0v) is 15.2. The Morgan fingerprint density at radius 1 is 1.08 bits per heavy atom. The predicted octanol–water partition coefficient (Wildman–Crippen LogP) is 3.02. The largest absolute Gasteiger partial charge is 0.356 e. The van der Waals surface area contributed by atoms with Crippen molar-refractivity contribution in [3.05, 3.63) is 57.1 Å². The van der Waals surface area contributed by atoms with Crippen molar-refractivity contribution in [3.8, 4) is 0 Å². The zero-order valence-electron chi connectivity index (χ0n) is 14.4. The van der Waals surface area contributed by atoms with E-state index >= 15 is 0 Å². The molecule has 1 amide bonds. The average Bonchev–Trinajstić information content (AvgIpc) is 3.21. The van der Waals surface area contributed by atoms with Crippen molar-refractivity contribution >= 4 is 28.3 Å². The Hall–Kier alpha value is -2.34. The Morgan fingerprint density at radius 3 is 2.44 bits per heavy atom. The van der Waals surface area contributed by atoms with E-state index in [-0.39, 0.29) is 11.6 Å². The van der Waals surface area contributed by atoms with Crippen molar-refractivity contribution in [1.82, 2.24) is 14.5 Å². The molecule has 132 valence electrons. The maximum Gasteiger partial charge on any atom is 0.329 e. The first-order chi connectivity index (χ1) is 12.2. The molecule has 3 rings (SSSR count). The minimum atomic E-state index is -0.0329. The van der Waals surface area contributed by atoms with Crippen LogP contribution in [0.3, 0.4) is 0 Å². The average molecular weight is 357 g/mol. The second-order valence-electron chi connectivity index (χ2n) is 6.00. The molecule has 1 aromatic carbocycles. The fourth-order valence-electron chi connectivity index (χ4n) is 3.01. The molecule has 0 aliphatic carbocycles. The summed E-state index contributed by atoms with van der Waals surface area (Å²) in [6.45, 7) is 3.78. The molecule has 0 aliphatic rings. The lowest BCUT2D eigenvalue weighted by Crippen LogP contribution is -2.29. The maximum atomic E-state index is 12.7. The van der Waals surface area contributed by atoms with Gasteiger partial charge in [-0.3, -0.25) is 13.9 Å². The number of benzene rings is 1. The lowest BCUT2D eigenvalue weighted by Gasteiger charge is -2.05. The Kier molecular flexibility index (Phi) is 5.71. The van der Waals surface area contributed by atoms with Crippen LogP contribution in [0.5, 0.6) is 0 Å². The number of para-hydroxylation sites is 2. The molecule has 1 N–H and O–H groups in total. The first-order valence-corrected chi connectivity index (χ1v) is 9.56. The molecule has 0 bridgehead atoms. The summed E-state index contributed by atoms with van der Waals surface area (Å²) in [6, 6.07) is 11.9. The number of rotatable bonds is 8. The molecule has 0 saturated carbocycles. The van der Waals surface area contributed by atoms with E-state index in [9.17, 15) is 9.59 Å². The van der Waals surface area contributed by atoms with E-state index < -0.39 is 0 Å². The summed E-state index contributed by atoms with van der Waals surface area (Å²) >= 11 is 1.70. The van der Waals surface area contributed by atoms with Crippen LogP contribution in [0.2, 0.25) is 0 Å². The quantitative estimate of drug-likeness (QED) is 0.674. The minimum Gasteiger partial charge on any atom is -0.356 e. The maximum absolute atomic E-state index is 12.7. The lowest BCUT2D eigenvalue weighted by atomic mass is 10.3. The van der Waals surface area contributed by atoms with E-state index in [4.69, 9.17) is 0 Å². The fourth-order valence-corrected chi connectivity index (χ4v) is 3.72. The van der Waals surface area contributed by atoms with Gasteiger partial charge < -0.3 is 5.32 Å². The van der Waals surface area contributed by atoms with Crippen LogP contribution in [-0.2, 0) is 24.3 Å². The van der Waals surface area contributed by atoms with Crippen molar-refractivity contribution < 1.29 is 4.79 Å². The molecule has 0 spiro atoms. The molecule has 0 saturated heterocycles. The van der Waals surface area contributed by atoms with Crippen molar-refractivity contribution in [2.45, 2.75) is 39.3 Å². The number of hydrogen-bond donors (Lipinski definition) is 1. The molecule has 6 heteroatoms. The molecule has 0 atom stereocenters. The fraction of sp³-hybridized carbons (Fsp3) is 0.368. The number of fused-ring (bicyclic) bond motifs is 1. The number of aryl methyl sites for hydroxylation is 2. The second kappa shape index (κ2) is 8.16. The summed E-state index contributed by atoms with van der Waals surface area (Å²) in [6.07, 6.45) is 2.06. The summed E-state index contributed by atoms with van der Waals surface area (Å²) in [7, 11) is 0. The summed E-state index contributed by atoms with van der Waals surface area (Å²) < 4.78 is 3.51. The molecule has 2 aromatic heterocycles. The highest BCUT2D eigenvalue weighted by molar-refractivity contribution is 7.09. The van der Waals surface area contributed by atoms with Crippen molar-refractivity contribution in [1.29, 1.82) is 0 Å². The van der Waals surface area contributed by atoms with Gasteiger partial charge in [-0.2, -0.15) is 0 Å². The van der Waals surface area contributed by atoms with Crippen LogP contribution in [0, 0.1) is 0 Å². The molecule has 0 aliphatic heterocycles. The van der Waals surface area contributed by atoms with Crippen molar-refractivity contribution in [3.63, 3.8) is 0 Å². The highest BCUT2D eigenvalue weighted by Gasteiger charge is 2.13. The van der Waals surface area contributed by atoms with Crippen LogP contribution in [0.4, 0.5) is 0 Å². The van der Waals surface area contributed by atoms with Gasteiger partial charge in [-0.05, 0) is 36.4 Å². The zero-order chi connectivity index (χ0) is 17.6. The molecule has 0 radical (unpaired) electrons. The number of thiophene rings is 1. The first-order valence-electron chi connectivity index (χ1n) is 8.68. The molecular formula is C19H23N3O2S. The van der Waals surface area contributed by atoms with Gasteiger partial charge in [0.15, 0.2) is 0 Å². The van der Waals surface area contributed by atoms with Crippen LogP contribution >= 0.6 is 11.3 Å². The monoisotopic (exact) mass is 357 g/mol. The van der Waals surface area contributed by atoms with E-state index in [0.29, 0.717) is 26.1 Å². The number of nitrogens with one attached hydrogen (secondary N) is 1. The third-order valence-corrected chi connectivity index (χ3v) is 5.14. The van der Waals surface area contributed by atoms with Gasteiger partial charge >= 0.3 is 5.69 Å². The number of nitrogens with zero attached hydrogens (tertiary/aromatic N) is 2. The molecule has 2 heterocycles. The number of hydrogen-bond acceptors (Lipinski definition) is 3. The summed E-state index contributed by atoms with van der Waals surface area (Å²) in [4.78, 5) is 26.0. The molecular weight excluding hydrogens is 334 g/mol. The Labute approximate surface area is 150 Å². The van der Waals surface area contributed by atoms with Crippen LogP contribution in [-0.4, -0.2) is 21.6 Å². The molecule has 0 unspecified atom stereocenters. The van der Waals surface area contributed by atoms with Gasteiger partial charge in [-0.25, -0.2) is 4.79 Å². The highest BCUT2D eigenvalue weighted by atomic mass is 32.1. The third kappa shape index (κ3) is 4.02. The van der Waals surface area contributed by atoms with Gasteiger partial charge in [-0.1, -0.05) is 25.1 Å². The predicted molar refractivity (Wildman–Crippen MR) is 102 cm³/mol. The van der Waals surface area contributed by atoms with E-state index in [2.05, 4.69) is 18.3 Å². The third-order valence-electron chi connectivity index (χ3n) is 4.21. The van der Waals surface area contributed by atoms with Crippen LogP contribution < -0.4 is 11.0 Å². The molecule has 3 aromatic rings. The smallest absolute Gasteiger partial charge is 0.329 e. The SMILES string of the molecule is CCCn1c(=O)n(CCC(=O)NCCc2cccs2)c2ccccc21. The summed E-state index contributed by atoms with van der Waals surface area (Å²) in [5, 5.41) is 4.97. The standard InChI is InChI=1S/C19H23N3O2S/c1-2-12-21-16-7-3-4-8-17(16)22(19(21)24)13-10-18(23)20-11-9-15-6-5-14-25-15/h3-8,14H,2,9-13H2,1H3,(H,20,23). The van der Waals surface area contributed by atoms with Crippen LogP contribution in [0.25, 0.3) is 11.0 Å².